The molecule has 2 bridgehead atoms. The molecule has 3 fully saturated rings. The van der Waals surface area contributed by atoms with Gasteiger partial charge in [0.1, 0.15) is 17.7 Å². The maximum Gasteiger partial charge on any atom is 0.313 e. The highest BCUT2D eigenvalue weighted by Gasteiger charge is 2.77. The van der Waals surface area contributed by atoms with E-state index >= 15 is 0 Å². The summed E-state index contributed by atoms with van der Waals surface area (Å²) >= 11 is 3.74. The number of hydrogen-bond donors (Lipinski definition) is 1. The topological polar surface area (TPSA) is 117 Å². The lowest BCUT2D eigenvalue weighted by molar-refractivity contribution is -0.165. The zero-order chi connectivity index (χ0) is 37.3. The number of halogens is 1. The second-order valence-electron chi connectivity index (χ2n) is 14.1. The summed E-state index contributed by atoms with van der Waals surface area (Å²) in [6.45, 7) is 10.9. The van der Waals surface area contributed by atoms with Gasteiger partial charge in [0.25, 0.3) is 5.91 Å². The van der Waals surface area contributed by atoms with Crippen LogP contribution in [0.4, 0.5) is 5.69 Å². The molecule has 1 spiro atoms. The predicted octanol–water partition coefficient (Wildman–Crippen LogP) is 5.59. The molecule has 3 aromatic rings. The van der Waals surface area contributed by atoms with E-state index in [1.807, 2.05) is 79.7 Å². The monoisotopic (exact) mass is 771 g/mol. The number of aliphatic hydroxyl groups is 1. The zero-order valence-electron chi connectivity index (χ0n) is 29.8. The van der Waals surface area contributed by atoms with E-state index in [0.717, 1.165) is 10.8 Å². The SMILES string of the molecule is C=CCCC(=O)N(C)[C@H](C)[C@H](OC(=O)[C@@H]1[C@H]2O[C@@]3(CC2Br)[C@H](C(=O)N(CC=C)c2ccc4ccccc4c2)N([C@H](C)CO)C(=O)[C@@H]13)c1ccccc1. The highest BCUT2D eigenvalue weighted by Crippen LogP contribution is 2.61. The first-order chi connectivity index (χ1) is 25.0. The van der Waals surface area contributed by atoms with Crippen molar-refractivity contribution in [2.75, 3.05) is 25.1 Å². The van der Waals surface area contributed by atoms with E-state index in [9.17, 15) is 24.3 Å². The number of carbonyl (C=O) groups excluding carboxylic acids is 4. The van der Waals surface area contributed by atoms with Gasteiger partial charge < -0.3 is 29.3 Å². The van der Waals surface area contributed by atoms with Gasteiger partial charge in [0.2, 0.25) is 11.8 Å². The zero-order valence-corrected chi connectivity index (χ0v) is 31.4. The fourth-order valence-corrected chi connectivity index (χ4v) is 9.19. The average molecular weight is 773 g/mol. The van der Waals surface area contributed by atoms with Crippen molar-refractivity contribution >= 4 is 56.1 Å². The Labute approximate surface area is 313 Å². The van der Waals surface area contributed by atoms with Crippen LogP contribution in [0.25, 0.3) is 10.8 Å². The lowest BCUT2D eigenvalue weighted by Crippen LogP contribution is -2.58. The number of amides is 3. The molecule has 0 aliphatic carbocycles. The molecular weight excluding hydrogens is 726 g/mol. The van der Waals surface area contributed by atoms with Crippen LogP contribution in [0.15, 0.2) is 98.1 Å². The Morgan fingerprint density at radius 3 is 2.42 bits per heavy atom. The number of hydrogen-bond acceptors (Lipinski definition) is 7. The molecule has 3 heterocycles. The lowest BCUT2D eigenvalue weighted by Gasteiger charge is -2.38. The van der Waals surface area contributed by atoms with Crippen molar-refractivity contribution in [2.45, 2.75) is 73.9 Å². The van der Waals surface area contributed by atoms with Gasteiger partial charge in [0.05, 0.1) is 36.6 Å². The van der Waals surface area contributed by atoms with Gasteiger partial charge in [-0.15, -0.1) is 13.2 Å². The van der Waals surface area contributed by atoms with Crippen LogP contribution in [0.2, 0.25) is 0 Å². The predicted molar refractivity (Wildman–Crippen MR) is 203 cm³/mol. The van der Waals surface area contributed by atoms with Crippen LogP contribution in [-0.4, -0.2) is 93.5 Å². The maximum atomic E-state index is 15.0. The normalized spacial score (nSPS) is 26.4. The number of carbonyl (C=O) groups is 4. The number of aliphatic hydroxyl groups excluding tert-OH is 1. The van der Waals surface area contributed by atoms with Gasteiger partial charge in [-0.2, -0.15) is 0 Å². The molecule has 0 radical (unpaired) electrons. The van der Waals surface area contributed by atoms with E-state index in [1.165, 1.54) is 4.90 Å². The van der Waals surface area contributed by atoms with E-state index in [0.29, 0.717) is 24.1 Å². The molecule has 3 amide bonds. The molecule has 3 aliphatic heterocycles. The summed E-state index contributed by atoms with van der Waals surface area (Å²) in [6, 6.07) is 20.3. The van der Waals surface area contributed by atoms with Crippen LogP contribution >= 0.6 is 15.9 Å². The maximum absolute atomic E-state index is 15.0. The van der Waals surface area contributed by atoms with Gasteiger partial charge in [0.15, 0.2) is 0 Å². The molecular formula is C41H46BrN3O7. The molecule has 3 aliphatic rings. The van der Waals surface area contributed by atoms with Crippen molar-refractivity contribution in [1.29, 1.82) is 0 Å². The van der Waals surface area contributed by atoms with Crippen LogP contribution in [-0.2, 0) is 28.7 Å². The Morgan fingerprint density at radius 2 is 1.75 bits per heavy atom. The van der Waals surface area contributed by atoms with Crippen LogP contribution in [0, 0.1) is 11.8 Å². The molecule has 52 heavy (non-hydrogen) atoms. The van der Waals surface area contributed by atoms with Gasteiger partial charge >= 0.3 is 5.97 Å². The van der Waals surface area contributed by atoms with E-state index in [2.05, 4.69) is 29.1 Å². The molecule has 0 aromatic heterocycles. The van der Waals surface area contributed by atoms with Crippen molar-refractivity contribution in [2.24, 2.45) is 11.8 Å². The first-order valence-electron chi connectivity index (χ1n) is 17.8. The number of nitrogens with zero attached hydrogens (tertiary/aromatic N) is 3. The minimum atomic E-state index is -1.37. The van der Waals surface area contributed by atoms with Gasteiger partial charge in [-0.1, -0.05) is 88.7 Å². The number of esters is 1. The molecule has 9 atom stereocenters. The Bertz CT molecular complexity index is 1850. The third-order valence-electron chi connectivity index (χ3n) is 11.0. The molecule has 3 aromatic carbocycles. The Kier molecular flexibility index (Phi) is 11.0. The molecule has 3 saturated heterocycles. The Morgan fingerprint density at radius 1 is 1.06 bits per heavy atom. The van der Waals surface area contributed by atoms with Crippen molar-refractivity contribution in [3.63, 3.8) is 0 Å². The smallest absolute Gasteiger partial charge is 0.313 e. The Balaban J connectivity index is 1.37. The third kappa shape index (κ3) is 6.47. The van der Waals surface area contributed by atoms with Crippen molar-refractivity contribution < 1.29 is 33.8 Å². The quantitative estimate of drug-likeness (QED) is 0.129. The van der Waals surface area contributed by atoms with Gasteiger partial charge in [-0.3, -0.25) is 19.2 Å². The molecule has 0 saturated carbocycles. The molecule has 6 rings (SSSR count). The molecule has 11 heteroatoms. The lowest BCUT2D eigenvalue weighted by atomic mass is 9.70. The number of allylic oxidation sites excluding steroid dienone is 1. The molecule has 1 unspecified atom stereocenters. The van der Waals surface area contributed by atoms with Crippen molar-refractivity contribution in [3.05, 3.63) is 104 Å². The minimum absolute atomic E-state index is 0.122. The van der Waals surface area contributed by atoms with E-state index in [1.54, 1.807) is 35.9 Å². The fraction of sp³-hybridized carbons (Fsp3) is 0.415. The number of rotatable bonds is 14. The summed E-state index contributed by atoms with van der Waals surface area (Å²) in [5.41, 5.74) is -0.0580. The number of likely N-dealkylation sites (N-methyl/N-ethyl adjacent to an activating group) is 1. The van der Waals surface area contributed by atoms with Gasteiger partial charge in [-0.05, 0) is 55.2 Å². The number of fused-ring (bicyclic) bond motifs is 2. The number of anilines is 1. The number of ether oxygens (including phenoxy) is 2. The van der Waals surface area contributed by atoms with Gasteiger partial charge in [-0.25, -0.2) is 0 Å². The van der Waals surface area contributed by atoms with Crippen LogP contribution in [0.3, 0.4) is 0 Å². The number of likely N-dealkylation sites (tertiary alicyclic amines) is 1. The van der Waals surface area contributed by atoms with E-state index in [-0.39, 0.29) is 23.7 Å². The summed E-state index contributed by atoms with van der Waals surface area (Å²) in [7, 11) is 1.68. The summed E-state index contributed by atoms with van der Waals surface area (Å²) < 4.78 is 13.1. The molecule has 10 nitrogen and oxygen atoms in total. The summed E-state index contributed by atoms with van der Waals surface area (Å²) in [6.07, 6.45) is 2.77. The van der Waals surface area contributed by atoms with E-state index < -0.39 is 72.2 Å². The van der Waals surface area contributed by atoms with Crippen molar-refractivity contribution in [1.82, 2.24) is 9.80 Å². The average Bonchev–Trinajstić information content (AvgIpc) is 3.76. The Hall–Kier alpha value is -4.32. The summed E-state index contributed by atoms with van der Waals surface area (Å²) in [5, 5.41) is 12.3. The summed E-state index contributed by atoms with van der Waals surface area (Å²) in [5.74, 6) is -3.70. The second-order valence-corrected chi connectivity index (χ2v) is 15.2. The van der Waals surface area contributed by atoms with E-state index in [4.69, 9.17) is 9.47 Å². The largest absolute Gasteiger partial charge is 0.455 e. The highest BCUT2D eigenvalue weighted by molar-refractivity contribution is 9.09. The van der Waals surface area contributed by atoms with Gasteiger partial charge in [0, 0.05) is 30.5 Å². The highest BCUT2D eigenvalue weighted by atomic mass is 79.9. The van der Waals surface area contributed by atoms with Crippen LogP contribution in [0.1, 0.15) is 44.8 Å². The number of alkyl halides is 1. The molecule has 274 valence electrons. The third-order valence-corrected chi connectivity index (χ3v) is 11.8. The first-order valence-corrected chi connectivity index (χ1v) is 18.7. The first kappa shape index (κ1) is 37.4. The fourth-order valence-electron chi connectivity index (χ4n) is 8.25. The van der Waals surface area contributed by atoms with Crippen LogP contribution in [0.5, 0.6) is 0 Å². The van der Waals surface area contributed by atoms with Crippen LogP contribution < -0.4 is 4.90 Å². The molecule has 1 N–H and O–H groups in total. The number of benzene rings is 3. The van der Waals surface area contributed by atoms with Crippen molar-refractivity contribution in [3.8, 4) is 0 Å². The minimum Gasteiger partial charge on any atom is -0.455 e. The summed E-state index contributed by atoms with van der Waals surface area (Å²) in [4.78, 5) is 61.4. The second kappa shape index (κ2) is 15.3. The standard InChI is InChI=1S/C41H46BrN3O7/c1-6-8-18-32(47)43(5)26(4)35(28-15-10-9-11-16-28)51-40(50)33-34-38(48)45(25(3)24-46)37(41(34)23-31(42)36(33)52-41)39(49)44(21-7-2)30-20-19-27-14-12-13-17-29(27)22-30/h6-7,9-17,19-20,22,25-26,31,33-37,46H,1-2,8,18,21,23-24H2,3-5H3/t25-,26-,31?,33+,34-,35+,36+,37+,41-/m1/s1.